The Labute approximate surface area is 199 Å². The molecule has 174 valence electrons. The third kappa shape index (κ3) is 6.75. The van der Waals surface area contributed by atoms with Gasteiger partial charge in [0.1, 0.15) is 6.79 Å². The molecular formula is C29H36O3Si. The van der Waals surface area contributed by atoms with E-state index in [1.807, 2.05) is 30.3 Å². The van der Waals surface area contributed by atoms with Gasteiger partial charge in [0, 0.05) is 7.11 Å². The van der Waals surface area contributed by atoms with Crippen LogP contribution in [0.25, 0.3) is 6.08 Å². The van der Waals surface area contributed by atoms with Gasteiger partial charge in [-0.25, -0.2) is 0 Å². The summed E-state index contributed by atoms with van der Waals surface area (Å²) in [7, 11) is -0.310. The quantitative estimate of drug-likeness (QED) is 0.211. The smallest absolute Gasteiger partial charge is 0.146 e. The van der Waals surface area contributed by atoms with Crippen molar-refractivity contribution in [3.63, 3.8) is 0 Å². The predicted octanol–water partition coefficient (Wildman–Crippen LogP) is 6.18. The lowest BCUT2D eigenvalue weighted by Crippen LogP contribution is -2.48. The second-order valence-electron chi connectivity index (χ2n) is 9.18. The lowest BCUT2D eigenvalue weighted by Gasteiger charge is -2.37. The summed E-state index contributed by atoms with van der Waals surface area (Å²) in [6.45, 7) is 7.82. The SMILES string of the molecule is COCOCc1ccc(/C=C/[C@@H]([C@H](C)[C@H](O)c2ccccc2)[Si](C)(C)c2ccccc2)cc1. The normalized spacial score (nSPS) is 14.8. The molecule has 33 heavy (non-hydrogen) atoms. The maximum Gasteiger partial charge on any atom is 0.146 e. The highest BCUT2D eigenvalue weighted by Gasteiger charge is 2.38. The number of aliphatic hydroxyl groups excluding tert-OH is 1. The summed E-state index contributed by atoms with van der Waals surface area (Å²) in [5.41, 5.74) is 3.49. The summed E-state index contributed by atoms with van der Waals surface area (Å²) in [4.78, 5) is 0. The van der Waals surface area contributed by atoms with Crippen LogP contribution in [0.2, 0.25) is 18.6 Å². The molecule has 3 nitrogen and oxygen atoms in total. The highest BCUT2D eigenvalue weighted by atomic mass is 28.3. The molecule has 3 atom stereocenters. The molecule has 3 aromatic carbocycles. The minimum atomic E-state index is -1.93. The van der Waals surface area contributed by atoms with Crippen LogP contribution < -0.4 is 5.19 Å². The Balaban J connectivity index is 1.87. The van der Waals surface area contributed by atoms with Crippen molar-refractivity contribution in [3.05, 3.63) is 108 Å². The Kier molecular flexibility index (Phi) is 9.21. The standard InChI is InChI=1S/C29H36O3Si/c1-23(29(30)26-11-7-5-8-12-26)28(33(3,4)27-13-9-6-10-14-27)20-19-24-15-17-25(18-16-24)21-32-22-31-2/h5-20,23,28-30H,21-22H2,1-4H3/b20-19+/t23-,28-,29-/m0/s1. The van der Waals surface area contributed by atoms with Gasteiger partial charge in [-0.05, 0) is 28.1 Å². The van der Waals surface area contributed by atoms with Crippen molar-refractivity contribution in [1.29, 1.82) is 0 Å². The van der Waals surface area contributed by atoms with Crippen LogP contribution in [-0.4, -0.2) is 27.1 Å². The third-order valence-electron chi connectivity index (χ3n) is 6.50. The van der Waals surface area contributed by atoms with Crippen molar-refractivity contribution in [2.75, 3.05) is 13.9 Å². The Hall–Kier alpha value is -2.50. The molecule has 0 unspecified atom stereocenters. The number of benzene rings is 3. The van der Waals surface area contributed by atoms with E-state index in [0.717, 1.165) is 16.7 Å². The van der Waals surface area contributed by atoms with Crippen molar-refractivity contribution in [3.8, 4) is 0 Å². The molecule has 3 aromatic rings. The molecule has 0 heterocycles. The largest absolute Gasteiger partial charge is 0.388 e. The van der Waals surface area contributed by atoms with Gasteiger partial charge in [-0.2, -0.15) is 0 Å². The number of allylic oxidation sites excluding steroid dienone is 1. The van der Waals surface area contributed by atoms with E-state index >= 15 is 0 Å². The van der Waals surface area contributed by atoms with Crippen LogP contribution in [0.1, 0.15) is 29.7 Å². The molecule has 0 fully saturated rings. The van der Waals surface area contributed by atoms with Crippen molar-refractivity contribution >= 4 is 19.3 Å². The van der Waals surface area contributed by atoms with Gasteiger partial charge in [0.05, 0.1) is 20.8 Å². The minimum absolute atomic E-state index is 0.0761. The van der Waals surface area contributed by atoms with E-state index in [2.05, 4.69) is 86.8 Å². The zero-order valence-corrected chi connectivity index (χ0v) is 21.1. The van der Waals surface area contributed by atoms with Gasteiger partial charge in [0.25, 0.3) is 0 Å². The molecule has 0 saturated carbocycles. The van der Waals surface area contributed by atoms with Crippen molar-refractivity contribution in [2.24, 2.45) is 5.92 Å². The first-order valence-corrected chi connectivity index (χ1v) is 14.6. The maximum absolute atomic E-state index is 11.3. The highest BCUT2D eigenvalue weighted by molar-refractivity contribution is 6.91. The Morgan fingerprint density at radius 1 is 0.879 bits per heavy atom. The molecule has 3 rings (SSSR count). The summed E-state index contributed by atoms with van der Waals surface area (Å²) in [6, 6.07) is 29.2. The molecule has 0 aliphatic rings. The first-order chi connectivity index (χ1) is 15.9. The number of aliphatic hydroxyl groups is 1. The first-order valence-electron chi connectivity index (χ1n) is 11.6. The zero-order chi connectivity index (χ0) is 23.7. The molecule has 0 amide bonds. The van der Waals surface area contributed by atoms with Crippen LogP contribution in [0.4, 0.5) is 0 Å². The monoisotopic (exact) mass is 460 g/mol. The van der Waals surface area contributed by atoms with Crippen molar-refractivity contribution in [1.82, 2.24) is 0 Å². The van der Waals surface area contributed by atoms with Gasteiger partial charge in [-0.15, -0.1) is 0 Å². The van der Waals surface area contributed by atoms with Gasteiger partial charge >= 0.3 is 0 Å². The third-order valence-corrected chi connectivity index (χ3v) is 10.7. The van der Waals surface area contributed by atoms with E-state index in [0.29, 0.717) is 13.4 Å². The Morgan fingerprint density at radius 2 is 1.48 bits per heavy atom. The number of ether oxygens (including phenoxy) is 2. The summed E-state index contributed by atoms with van der Waals surface area (Å²) in [6.07, 6.45) is 4.01. The van der Waals surface area contributed by atoms with Crippen LogP contribution >= 0.6 is 0 Å². The minimum Gasteiger partial charge on any atom is -0.388 e. The van der Waals surface area contributed by atoms with Gasteiger partial charge in [-0.3, -0.25) is 0 Å². The van der Waals surface area contributed by atoms with Crippen LogP contribution in [0.15, 0.2) is 91.0 Å². The summed E-state index contributed by atoms with van der Waals surface area (Å²) in [5.74, 6) is 0.0761. The van der Waals surface area contributed by atoms with E-state index in [4.69, 9.17) is 9.47 Å². The van der Waals surface area contributed by atoms with E-state index in [9.17, 15) is 5.11 Å². The highest BCUT2D eigenvalue weighted by Crippen LogP contribution is 2.39. The molecule has 0 aromatic heterocycles. The summed E-state index contributed by atoms with van der Waals surface area (Å²) < 4.78 is 10.4. The Morgan fingerprint density at radius 3 is 2.09 bits per heavy atom. The predicted molar refractivity (Wildman–Crippen MR) is 140 cm³/mol. The number of hydrogen-bond acceptors (Lipinski definition) is 3. The van der Waals surface area contributed by atoms with Crippen LogP contribution in [0, 0.1) is 5.92 Å². The topological polar surface area (TPSA) is 38.7 Å². The molecule has 0 aliphatic carbocycles. The molecule has 4 heteroatoms. The van der Waals surface area contributed by atoms with E-state index < -0.39 is 14.2 Å². The molecule has 0 bridgehead atoms. The molecule has 0 aliphatic heterocycles. The van der Waals surface area contributed by atoms with Gasteiger partial charge in [0.15, 0.2) is 0 Å². The second-order valence-corrected chi connectivity index (χ2v) is 13.9. The number of rotatable bonds is 11. The number of methoxy groups -OCH3 is 1. The van der Waals surface area contributed by atoms with Gasteiger partial charge in [-0.1, -0.05) is 122 Å². The van der Waals surface area contributed by atoms with Gasteiger partial charge < -0.3 is 14.6 Å². The summed E-state index contributed by atoms with van der Waals surface area (Å²) >= 11 is 0. The average Bonchev–Trinajstić information content (AvgIpc) is 2.85. The van der Waals surface area contributed by atoms with Crippen molar-refractivity contribution < 1.29 is 14.6 Å². The molecular weight excluding hydrogens is 424 g/mol. The van der Waals surface area contributed by atoms with Gasteiger partial charge in [0.2, 0.25) is 0 Å². The van der Waals surface area contributed by atoms with E-state index in [1.165, 1.54) is 5.19 Å². The van der Waals surface area contributed by atoms with E-state index in [-0.39, 0.29) is 11.5 Å². The Bertz CT molecular complexity index is 984. The van der Waals surface area contributed by atoms with Crippen LogP contribution in [0.5, 0.6) is 0 Å². The molecule has 0 radical (unpaired) electrons. The lowest BCUT2D eigenvalue weighted by atomic mass is 9.93. The maximum atomic E-state index is 11.3. The van der Waals surface area contributed by atoms with Crippen molar-refractivity contribution in [2.45, 2.75) is 38.3 Å². The molecule has 0 spiro atoms. The second kappa shape index (κ2) is 12.1. The fraction of sp³-hybridized carbons (Fsp3) is 0.310. The number of hydrogen-bond donors (Lipinski definition) is 1. The lowest BCUT2D eigenvalue weighted by molar-refractivity contribution is -0.0390. The fourth-order valence-corrected chi connectivity index (χ4v) is 7.98. The van der Waals surface area contributed by atoms with Crippen LogP contribution in [0.3, 0.4) is 0 Å². The fourth-order valence-electron chi connectivity index (χ4n) is 4.47. The van der Waals surface area contributed by atoms with Crippen LogP contribution in [-0.2, 0) is 16.1 Å². The zero-order valence-electron chi connectivity index (χ0n) is 20.1. The first kappa shape index (κ1) is 25.1. The summed E-state index contributed by atoms with van der Waals surface area (Å²) in [5, 5.41) is 12.7. The average molecular weight is 461 g/mol. The van der Waals surface area contributed by atoms with E-state index in [1.54, 1.807) is 7.11 Å². The molecule has 0 saturated heterocycles. The molecule has 1 N–H and O–H groups in total.